The van der Waals surface area contributed by atoms with Gasteiger partial charge in [0.25, 0.3) is 0 Å². The van der Waals surface area contributed by atoms with Gasteiger partial charge in [0.2, 0.25) is 5.89 Å². The molecule has 0 bridgehead atoms. The van der Waals surface area contributed by atoms with Crippen LogP contribution in [0.5, 0.6) is 0 Å². The van der Waals surface area contributed by atoms with Gasteiger partial charge in [-0.15, -0.1) is 0 Å². The van der Waals surface area contributed by atoms with E-state index in [-0.39, 0.29) is 6.04 Å². The van der Waals surface area contributed by atoms with Gasteiger partial charge in [0.05, 0.1) is 17.9 Å². The number of rotatable bonds is 4. The van der Waals surface area contributed by atoms with Crippen LogP contribution < -0.4 is 5.32 Å². The second-order valence-electron chi connectivity index (χ2n) is 4.01. The number of hydrogen-bond donors (Lipinski definition) is 1. The first-order valence-electron chi connectivity index (χ1n) is 5.59. The van der Waals surface area contributed by atoms with Gasteiger partial charge in [-0.3, -0.25) is 0 Å². The molecule has 0 amide bonds. The number of nitrogens with zero attached hydrogens (tertiary/aromatic N) is 3. The van der Waals surface area contributed by atoms with E-state index in [9.17, 15) is 0 Å². The number of oxazole rings is 1. The maximum atomic E-state index is 5.45. The van der Waals surface area contributed by atoms with Crippen LogP contribution in [-0.2, 0) is 6.54 Å². The van der Waals surface area contributed by atoms with Crippen molar-refractivity contribution in [2.75, 3.05) is 0 Å². The topological polar surface area (TPSA) is 63.8 Å². The average molecular weight is 232 g/mol. The summed E-state index contributed by atoms with van der Waals surface area (Å²) in [5.41, 5.74) is 0.965. The Kier molecular flexibility index (Phi) is 3.49. The maximum absolute atomic E-state index is 5.45. The molecule has 0 fully saturated rings. The highest BCUT2D eigenvalue weighted by Crippen LogP contribution is 2.12. The van der Waals surface area contributed by atoms with Gasteiger partial charge in [-0.2, -0.15) is 0 Å². The summed E-state index contributed by atoms with van der Waals surface area (Å²) in [4.78, 5) is 12.6. The lowest BCUT2D eigenvalue weighted by Gasteiger charge is -2.09. The third-order valence-electron chi connectivity index (χ3n) is 2.43. The molecule has 0 spiro atoms. The van der Waals surface area contributed by atoms with E-state index in [1.54, 1.807) is 12.4 Å². The van der Waals surface area contributed by atoms with Gasteiger partial charge in [-0.1, -0.05) is 0 Å². The Labute approximate surface area is 100 Å². The summed E-state index contributed by atoms with van der Waals surface area (Å²) in [5.74, 6) is 2.31. The molecule has 0 aromatic carbocycles. The standard InChI is InChI=1S/C12H16N4O/c1-8-6-15-12(17-8)9(2)14-7-11-4-5-13-10(3)16-11/h4-6,9,14H,7H2,1-3H3. The summed E-state index contributed by atoms with van der Waals surface area (Å²) in [6, 6.07) is 1.96. The van der Waals surface area contributed by atoms with Gasteiger partial charge in [0.1, 0.15) is 11.6 Å². The monoisotopic (exact) mass is 232 g/mol. The number of aryl methyl sites for hydroxylation is 2. The van der Waals surface area contributed by atoms with Gasteiger partial charge in [-0.05, 0) is 26.8 Å². The zero-order valence-electron chi connectivity index (χ0n) is 10.3. The van der Waals surface area contributed by atoms with Crippen molar-refractivity contribution >= 4 is 0 Å². The lowest BCUT2D eigenvalue weighted by Crippen LogP contribution is -2.19. The zero-order valence-corrected chi connectivity index (χ0v) is 10.3. The lowest BCUT2D eigenvalue weighted by molar-refractivity contribution is 0.401. The van der Waals surface area contributed by atoms with E-state index >= 15 is 0 Å². The molecule has 2 aromatic rings. The highest BCUT2D eigenvalue weighted by molar-refractivity contribution is 5.02. The van der Waals surface area contributed by atoms with Crippen molar-refractivity contribution < 1.29 is 4.42 Å². The lowest BCUT2D eigenvalue weighted by atomic mass is 10.3. The molecular weight excluding hydrogens is 216 g/mol. The molecule has 5 nitrogen and oxygen atoms in total. The largest absolute Gasteiger partial charge is 0.444 e. The predicted octanol–water partition coefficient (Wildman–Crippen LogP) is 1.93. The van der Waals surface area contributed by atoms with Crippen LogP contribution >= 0.6 is 0 Å². The zero-order chi connectivity index (χ0) is 12.3. The van der Waals surface area contributed by atoms with Crippen LogP contribution in [0.25, 0.3) is 0 Å². The average Bonchev–Trinajstić information content (AvgIpc) is 2.73. The second-order valence-corrected chi connectivity index (χ2v) is 4.01. The molecule has 90 valence electrons. The van der Waals surface area contributed by atoms with E-state index < -0.39 is 0 Å². The van der Waals surface area contributed by atoms with Crippen molar-refractivity contribution in [3.8, 4) is 0 Å². The van der Waals surface area contributed by atoms with Crippen molar-refractivity contribution in [3.63, 3.8) is 0 Å². The predicted molar refractivity (Wildman–Crippen MR) is 63.3 cm³/mol. The van der Waals surface area contributed by atoms with Gasteiger partial charge in [0.15, 0.2) is 0 Å². The van der Waals surface area contributed by atoms with Crippen molar-refractivity contribution in [2.45, 2.75) is 33.4 Å². The molecule has 0 aliphatic rings. The van der Waals surface area contributed by atoms with E-state index in [2.05, 4.69) is 20.3 Å². The second kappa shape index (κ2) is 5.05. The van der Waals surface area contributed by atoms with E-state index in [1.165, 1.54) is 0 Å². The van der Waals surface area contributed by atoms with E-state index in [1.807, 2.05) is 26.8 Å². The quantitative estimate of drug-likeness (QED) is 0.872. The molecular formula is C12H16N4O. The number of hydrogen-bond acceptors (Lipinski definition) is 5. The molecule has 17 heavy (non-hydrogen) atoms. The minimum Gasteiger partial charge on any atom is -0.444 e. The normalized spacial score (nSPS) is 12.6. The first-order valence-corrected chi connectivity index (χ1v) is 5.59. The Hall–Kier alpha value is -1.75. The Morgan fingerprint density at radius 1 is 1.35 bits per heavy atom. The third-order valence-corrected chi connectivity index (χ3v) is 2.43. The van der Waals surface area contributed by atoms with Crippen LogP contribution in [0.1, 0.15) is 36.1 Å². The Bertz CT molecular complexity index is 495. The molecule has 1 unspecified atom stereocenters. The summed E-state index contributed by atoms with van der Waals surface area (Å²) in [6.45, 7) is 6.45. The third kappa shape index (κ3) is 3.10. The van der Waals surface area contributed by atoms with E-state index in [0.717, 1.165) is 17.3 Å². The van der Waals surface area contributed by atoms with Gasteiger partial charge in [-0.25, -0.2) is 15.0 Å². The molecule has 2 aromatic heterocycles. The van der Waals surface area contributed by atoms with Gasteiger partial charge >= 0.3 is 0 Å². The Balaban J connectivity index is 1.94. The molecule has 2 rings (SSSR count). The molecule has 1 N–H and O–H groups in total. The minimum atomic E-state index is 0.0685. The summed E-state index contributed by atoms with van der Waals surface area (Å²) >= 11 is 0. The van der Waals surface area contributed by atoms with Crippen LogP contribution in [-0.4, -0.2) is 15.0 Å². The van der Waals surface area contributed by atoms with Crippen molar-refractivity contribution in [1.29, 1.82) is 0 Å². The number of nitrogens with one attached hydrogen (secondary N) is 1. The summed E-state index contributed by atoms with van der Waals surface area (Å²) in [7, 11) is 0. The van der Waals surface area contributed by atoms with Gasteiger partial charge in [0, 0.05) is 12.7 Å². The number of aromatic nitrogens is 3. The van der Waals surface area contributed by atoms with Crippen LogP contribution in [0.2, 0.25) is 0 Å². The fourth-order valence-electron chi connectivity index (χ4n) is 1.52. The maximum Gasteiger partial charge on any atom is 0.211 e. The molecule has 0 aliphatic heterocycles. The van der Waals surface area contributed by atoms with Crippen LogP contribution in [0.3, 0.4) is 0 Å². The summed E-state index contributed by atoms with van der Waals surface area (Å²) in [6.07, 6.45) is 3.49. The molecule has 0 saturated heterocycles. The van der Waals surface area contributed by atoms with Crippen LogP contribution in [0, 0.1) is 13.8 Å². The molecule has 1 atom stereocenters. The van der Waals surface area contributed by atoms with Crippen molar-refractivity contribution in [1.82, 2.24) is 20.3 Å². The fraction of sp³-hybridized carbons (Fsp3) is 0.417. The Morgan fingerprint density at radius 2 is 2.18 bits per heavy atom. The first kappa shape index (κ1) is 11.7. The molecule has 5 heteroatoms. The smallest absolute Gasteiger partial charge is 0.211 e. The van der Waals surface area contributed by atoms with Crippen LogP contribution in [0.15, 0.2) is 22.9 Å². The van der Waals surface area contributed by atoms with Crippen LogP contribution in [0.4, 0.5) is 0 Å². The summed E-state index contributed by atoms with van der Waals surface area (Å²) in [5, 5.41) is 3.31. The van der Waals surface area contributed by atoms with E-state index in [4.69, 9.17) is 4.42 Å². The highest BCUT2D eigenvalue weighted by Gasteiger charge is 2.10. The SMILES string of the molecule is Cc1nccc(CNC(C)c2ncc(C)o2)n1. The van der Waals surface area contributed by atoms with Crippen molar-refractivity contribution in [2.24, 2.45) is 0 Å². The van der Waals surface area contributed by atoms with E-state index in [0.29, 0.717) is 12.4 Å². The minimum absolute atomic E-state index is 0.0685. The Morgan fingerprint density at radius 3 is 2.82 bits per heavy atom. The van der Waals surface area contributed by atoms with Crippen molar-refractivity contribution in [3.05, 3.63) is 41.6 Å². The summed E-state index contributed by atoms with van der Waals surface area (Å²) < 4.78 is 5.45. The highest BCUT2D eigenvalue weighted by atomic mass is 16.4. The molecule has 0 aliphatic carbocycles. The molecule has 2 heterocycles. The molecule has 0 saturated carbocycles. The fourth-order valence-corrected chi connectivity index (χ4v) is 1.52. The van der Waals surface area contributed by atoms with Gasteiger partial charge < -0.3 is 9.73 Å². The first-order chi connectivity index (χ1) is 8.15. The molecule has 0 radical (unpaired) electrons.